The Morgan fingerprint density at radius 2 is 1.47 bits per heavy atom. The average Bonchev–Trinajstić information content (AvgIpc) is 2.80. The molecule has 0 saturated carbocycles. The molecule has 2 fully saturated rings. The van der Waals surface area contributed by atoms with Gasteiger partial charge in [-0.05, 0) is 50.9 Å². The Morgan fingerprint density at radius 3 is 1.94 bits per heavy atom. The number of rotatable bonds is 6. The summed E-state index contributed by atoms with van der Waals surface area (Å²) < 4.78 is 10.7. The number of carbonyl (C=O) groups is 3. The summed E-state index contributed by atoms with van der Waals surface area (Å²) in [6, 6.07) is 6.19. The van der Waals surface area contributed by atoms with Crippen LogP contribution in [0.5, 0.6) is 11.5 Å². The van der Waals surface area contributed by atoms with E-state index in [0.717, 1.165) is 25.9 Å². The van der Waals surface area contributed by atoms with Gasteiger partial charge in [0.2, 0.25) is 5.91 Å². The van der Waals surface area contributed by atoms with E-state index in [2.05, 4.69) is 15.1 Å². The van der Waals surface area contributed by atoms with Crippen molar-refractivity contribution in [1.29, 1.82) is 0 Å². The molecule has 3 rings (SSSR count). The van der Waals surface area contributed by atoms with Gasteiger partial charge in [-0.25, -0.2) is 9.59 Å². The Kier molecular flexibility index (Phi) is 10.2. The molecule has 1 aromatic rings. The summed E-state index contributed by atoms with van der Waals surface area (Å²) in [5.41, 5.74) is 0.603. The quantitative estimate of drug-likeness (QED) is 0.554. The molecule has 0 unspecified atom stereocenters. The summed E-state index contributed by atoms with van der Waals surface area (Å²) in [7, 11) is 3.19. The van der Waals surface area contributed by atoms with Crippen LogP contribution in [0.1, 0.15) is 32.1 Å². The van der Waals surface area contributed by atoms with Crippen molar-refractivity contribution in [3.8, 4) is 11.5 Å². The predicted molar refractivity (Wildman–Crippen MR) is 118 cm³/mol. The number of hydrogen-bond donors (Lipinski definition) is 3. The maximum Gasteiger partial charge on any atom is 0.414 e. The average molecular weight is 452 g/mol. The summed E-state index contributed by atoms with van der Waals surface area (Å²) in [5, 5.41) is 17.7. The van der Waals surface area contributed by atoms with Crippen LogP contribution in [0.4, 0.5) is 5.69 Å². The van der Waals surface area contributed by atoms with Crippen molar-refractivity contribution in [3.05, 3.63) is 18.2 Å². The number of likely N-dealkylation sites (tertiary alicyclic amines) is 2. The van der Waals surface area contributed by atoms with Crippen molar-refractivity contribution in [1.82, 2.24) is 9.80 Å². The van der Waals surface area contributed by atoms with Gasteiger partial charge in [-0.15, -0.1) is 0 Å². The van der Waals surface area contributed by atoms with E-state index in [1.54, 1.807) is 14.2 Å². The standard InChI is InChI=1S/C20H31N3O3.C2H2O4/c1-25-17-7-6-8-18(26-2)20(17)21-19(24)15-22-13-9-16(10-14-22)23-11-4-3-5-12-23;3-1(4)2(5)6/h6-8,16H,3-5,9-15H2,1-2H3,(H,21,24);(H,3,4)(H,5,6). The van der Waals surface area contributed by atoms with Gasteiger partial charge in [-0.3, -0.25) is 9.69 Å². The minimum Gasteiger partial charge on any atom is -0.494 e. The molecule has 1 amide bonds. The van der Waals surface area contributed by atoms with Crippen LogP contribution < -0.4 is 14.8 Å². The summed E-state index contributed by atoms with van der Waals surface area (Å²) in [5.74, 6) is -2.45. The molecule has 178 valence electrons. The number of para-hydroxylation sites is 1. The molecule has 3 N–H and O–H groups in total. The predicted octanol–water partition coefficient (Wildman–Crippen LogP) is 1.75. The number of amides is 1. The van der Waals surface area contributed by atoms with E-state index in [4.69, 9.17) is 29.3 Å². The number of piperidine rings is 2. The molecular formula is C22H33N3O7. The zero-order chi connectivity index (χ0) is 23.5. The monoisotopic (exact) mass is 451 g/mol. The van der Waals surface area contributed by atoms with Crippen molar-refractivity contribution < 1.29 is 34.1 Å². The third-order valence-electron chi connectivity index (χ3n) is 5.71. The third kappa shape index (κ3) is 7.69. The van der Waals surface area contributed by atoms with Gasteiger partial charge in [-0.1, -0.05) is 12.5 Å². The van der Waals surface area contributed by atoms with Gasteiger partial charge in [-0.2, -0.15) is 0 Å². The Balaban J connectivity index is 0.000000534. The van der Waals surface area contributed by atoms with E-state index in [0.29, 0.717) is 29.8 Å². The highest BCUT2D eigenvalue weighted by Crippen LogP contribution is 2.34. The first-order chi connectivity index (χ1) is 15.3. The Hall–Kier alpha value is -2.85. The van der Waals surface area contributed by atoms with E-state index in [-0.39, 0.29) is 5.91 Å². The van der Waals surface area contributed by atoms with Gasteiger partial charge in [0.05, 0.1) is 20.8 Å². The third-order valence-corrected chi connectivity index (χ3v) is 5.71. The Bertz CT molecular complexity index is 739. The van der Waals surface area contributed by atoms with Crippen molar-refractivity contribution >= 4 is 23.5 Å². The summed E-state index contributed by atoms with van der Waals surface area (Å²) >= 11 is 0. The number of nitrogens with one attached hydrogen (secondary N) is 1. The van der Waals surface area contributed by atoms with Crippen LogP contribution in [0.15, 0.2) is 18.2 Å². The highest BCUT2D eigenvalue weighted by molar-refractivity contribution is 6.27. The molecule has 0 radical (unpaired) electrons. The summed E-state index contributed by atoms with van der Waals surface area (Å²) in [4.78, 5) is 35.6. The molecule has 32 heavy (non-hydrogen) atoms. The van der Waals surface area contributed by atoms with Gasteiger partial charge < -0.3 is 29.9 Å². The first-order valence-corrected chi connectivity index (χ1v) is 10.8. The largest absolute Gasteiger partial charge is 0.494 e. The molecule has 2 heterocycles. The second kappa shape index (κ2) is 12.9. The van der Waals surface area contributed by atoms with E-state index < -0.39 is 11.9 Å². The van der Waals surface area contributed by atoms with Crippen molar-refractivity contribution in [2.45, 2.75) is 38.1 Å². The van der Waals surface area contributed by atoms with Crippen molar-refractivity contribution in [2.24, 2.45) is 0 Å². The number of benzene rings is 1. The zero-order valence-electron chi connectivity index (χ0n) is 18.7. The van der Waals surface area contributed by atoms with Crippen LogP contribution >= 0.6 is 0 Å². The number of carboxylic acids is 2. The lowest BCUT2D eigenvalue weighted by atomic mass is 10.00. The van der Waals surface area contributed by atoms with Gasteiger partial charge in [0.25, 0.3) is 0 Å². The Morgan fingerprint density at radius 1 is 0.938 bits per heavy atom. The fourth-order valence-corrected chi connectivity index (χ4v) is 4.08. The molecule has 2 aliphatic rings. The minimum atomic E-state index is -1.82. The molecule has 1 aromatic carbocycles. The zero-order valence-corrected chi connectivity index (χ0v) is 18.7. The topological polar surface area (TPSA) is 129 Å². The minimum absolute atomic E-state index is 0.0239. The molecule has 10 heteroatoms. The van der Waals surface area contributed by atoms with Crippen LogP contribution in [0.2, 0.25) is 0 Å². The molecule has 10 nitrogen and oxygen atoms in total. The normalized spacial score (nSPS) is 17.6. The summed E-state index contributed by atoms with van der Waals surface area (Å²) in [6.45, 7) is 4.88. The number of nitrogens with zero attached hydrogens (tertiary/aromatic N) is 2. The fraction of sp³-hybridized carbons (Fsp3) is 0.591. The van der Waals surface area contributed by atoms with E-state index in [1.807, 2.05) is 18.2 Å². The highest BCUT2D eigenvalue weighted by atomic mass is 16.5. The lowest BCUT2D eigenvalue weighted by Gasteiger charge is -2.40. The smallest absolute Gasteiger partial charge is 0.414 e. The fourth-order valence-electron chi connectivity index (χ4n) is 4.08. The molecule has 0 spiro atoms. The number of anilines is 1. The van der Waals surface area contributed by atoms with Crippen LogP contribution in [0.3, 0.4) is 0 Å². The molecule has 0 atom stereocenters. The molecule has 0 aliphatic carbocycles. The lowest BCUT2D eigenvalue weighted by molar-refractivity contribution is -0.159. The number of carboxylic acid groups (broad SMARTS) is 2. The second-order valence-electron chi connectivity index (χ2n) is 7.80. The Labute approximate surface area is 188 Å². The van der Waals surface area contributed by atoms with Crippen LogP contribution in [-0.4, -0.2) is 90.8 Å². The van der Waals surface area contributed by atoms with Gasteiger partial charge in [0.15, 0.2) is 0 Å². The molecular weight excluding hydrogens is 418 g/mol. The number of aliphatic carboxylic acids is 2. The number of hydrogen-bond acceptors (Lipinski definition) is 7. The van der Waals surface area contributed by atoms with E-state index >= 15 is 0 Å². The maximum absolute atomic E-state index is 12.5. The van der Waals surface area contributed by atoms with Crippen LogP contribution in [0, 0.1) is 0 Å². The van der Waals surface area contributed by atoms with Gasteiger partial charge in [0.1, 0.15) is 17.2 Å². The maximum atomic E-state index is 12.5. The van der Waals surface area contributed by atoms with Gasteiger partial charge in [0, 0.05) is 19.1 Å². The van der Waals surface area contributed by atoms with Gasteiger partial charge >= 0.3 is 11.9 Å². The number of ether oxygens (including phenoxy) is 2. The highest BCUT2D eigenvalue weighted by Gasteiger charge is 2.26. The molecule has 2 aliphatic heterocycles. The van der Waals surface area contributed by atoms with Crippen LogP contribution in [0.25, 0.3) is 0 Å². The second-order valence-corrected chi connectivity index (χ2v) is 7.80. The first kappa shape index (κ1) is 25.4. The van der Waals surface area contributed by atoms with Crippen LogP contribution in [-0.2, 0) is 14.4 Å². The SMILES string of the molecule is COc1cccc(OC)c1NC(=O)CN1CCC(N2CCCCC2)CC1.O=C(O)C(=O)O. The molecule has 0 aromatic heterocycles. The number of methoxy groups -OCH3 is 2. The molecule has 2 saturated heterocycles. The number of carbonyl (C=O) groups excluding carboxylic acids is 1. The van der Waals surface area contributed by atoms with E-state index in [1.165, 1.54) is 32.4 Å². The molecule has 0 bridgehead atoms. The van der Waals surface area contributed by atoms with Crippen molar-refractivity contribution in [2.75, 3.05) is 52.3 Å². The summed E-state index contributed by atoms with van der Waals surface area (Å²) in [6.07, 6.45) is 6.37. The van der Waals surface area contributed by atoms with E-state index in [9.17, 15) is 4.79 Å². The lowest BCUT2D eigenvalue weighted by Crippen LogP contribution is -2.48. The first-order valence-electron chi connectivity index (χ1n) is 10.8. The van der Waals surface area contributed by atoms with Crippen molar-refractivity contribution in [3.63, 3.8) is 0 Å².